The number of methoxy groups -OCH3 is 1. The highest BCUT2D eigenvalue weighted by Crippen LogP contribution is 2.31. The Morgan fingerprint density at radius 1 is 1.33 bits per heavy atom. The van der Waals surface area contributed by atoms with Gasteiger partial charge in [-0.05, 0) is 37.9 Å². The number of carbonyl (C=O) groups excluding carboxylic acids is 1. The van der Waals surface area contributed by atoms with Crippen molar-refractivity contribution in [1.82, 2.24) is 9.62 Å². The Hall–Kier alpha value is -1.64. The largest absolute Gasteiger partial charge is 0.495 e. The molecular weight excluding hydrogens is 330 g/mol. The van der Waals surface area contributed by atoms with E-state index in [1.807, 2.05) is 0 Å². The number of rotatable bonds is 5. The summed E-state index contributed by atoms with van der Waals surface area (Å²) in [4.78, 5) is 12.3. The minimum atomic E-state index is -3.56. The molecule has 0 bridgehead atoms. The van der Waals surface area contributed by atoms with Crippen molar-refractivity contribution in [3.05, 3.63) is 18.2 Å². The lowest BCUT2D eigenvalue weighted by Gasteiger charge is -2.18. The van der Waals surface area contributed by atoms with Gasteiger partial charge in [0.15, 0.2) is 0 Å². The van der Waals surface area contributed by atoms with Crippen molar-refractivity contribution in [2.24, 2.45) is 5.92 Å². The van der Waals surface area contributed by atoms with E-state index in [1.54, 1.807) is 12.1 Å². The van der Waals surface area contributed by atoms with Gasteiger partial charge >= 0.3 is 0 Å². The van der Waals surface area contributed by atoms with Crippen LogP contribution >= 0.6 is 0 Å². The number of carbonyl (C=O) groups is 1. The van der Waals surface area contributed by atoms with E-state index < -0.39 is 10.0 Å². The Kier molecular flexibility index (Phi) is 5.07. The van der Waals surface area contributed by atoms with Gasteiger partial charge in [0.05, 0.1) is 13.0 Å². The predicted molar refractivity (Wildman–Crippen MR) is 90.6 cm³/mol. The average Bonchev–Trinajstić information content (AvgIpc) is 3.27. The number of ether oxygens (including phenoxy) is 1. The molecule has 132 valence electrons. The van der Waals surface area contributed by atoms with Crippen LogP contribution in [-0.4, -0.2) is 51.9 Å². The summed E-state index contributed by atoms with van der Waals surface area (Å²) in [5.74, 6) is 0.144. The molecule has 7 nitrogen and oxygen atoms in total. The minimum absolute atomic E-state index is 0.0518. The number of nitrogens with one attached hydrogen (secondary N) is 2. The van der Waals surface area contributed by atoms with Crippen molar-refractivity contribution in [2.45, 2.75) is 24.2 Å². The fourth-order valence-corrected chi connectivity index (χ4v) is 4.80. The quantitative estimate of drug-likeness (QED) is 0.825. The van der Waals surface area contributed by atoms with Crippen LogP contribution in [0.2, 0.25) is 0 Å². The summed E-state index contributed by atoms with van der Waals surface area (Å²) < 4.78 is 32.2. The smallest absolute Gasteiger partial charge is 0.246 e. The first-order valence-electron chi connectivity index (χ1n) is 8.22. The zero-order valence-corrected chi connectivity index (χ0v) is 14.6. The molecule has 1 unspecified atom stereocenters. The van der Waals surface area contributed by atoms with E-state index in [-0.39, 0.29) is 22.5 Å². The summed E-state index contributed by atoms with van der Waals surface area (Å²) in [7, 11) is -2.12. The van der Waals surface area contributed by atoms with Crippen LogP contribution in [0.5, 0.6) is 5.75 Å². The third-order valence-electron chi connectivity index (χ3n) is 4.55. The molecule has 0 saturated carbocycles. The van der Waals surface area contributed by atoms with Crippen LogP contribution in [0.4, 0.5) is 5.69 Å². The first kappa shape index (κ1) is 17.2. The molecule has 2 heterocycles. The molecule has 0 aromatic heterocycles. The number of amides is 1. The van der Waals surface area contributed by atoms with E-state index in [0.717, 1.165) is 25.8 Å². The molecule has 1 amide bonds. The standard InChI is InChI=1S/C16H23N3O4S/c1-23-14-10-13(18-16(20)12-6-7-17-11-12)4-5-15(14)24(21,22)19-8-2-3-9-19/h4-5,10,12,17H,2-3,6-9,11H2,1H3,(H,18,20). The maximum absolute atomic E-state index is 12.7. The van der Waals surface area contributed by atoms with Crippen LogP contribution in [0.15, 0.2) is 23.1 Å². The van der Waals surface area contributed by atoms with Gasteiger partial charge in [0.1, 0.15) is 10.6 Å². The van der Waals surface area contributed by atoms with Gasteiger partial charge in [-0.2, -0.15) is 4.31 Å². The minimum Gasteiger partial charge on any atom is -0.495 e. The Morgan fingerprint density at radius 2 is 2.08 bits per heavy atom. The second-order valence-corrected chi connectivity index (χ2v) is 8.06. The van der Waals surface area contributed by atoms with Crippen LogP contribution in [0.1, 0.15) is 19.3 Å². The first-order chi connectivity index (χ1) is 11.5. The maximum atomic E-state index is 12.7. The van der Waals surface area contributed by atoms with Crippen molar-refractivity contribution >= 4 is 21.6 Å². The summed E-state index contributed by atoms with van der Waals surface area (Å²) in [5, 5.41) is 5.99. The highest BCUT2D eigenvalue weighted by molar-refractivity contribution is 7.89. The van der Waals surface area contributed by atoms with Gasteiger partial charge in [-0.25, -0.2) is 8.42 Å². The summed E-state index contributed by atoms with van der Waals surface area (Å²) in [6.07, 6.45) is 2.57. The molecule has 2 saturated heterocycles. The second kappa shape index (κ2) is 7.08. The molecule has 1 aromatic rings. The highest BCUT2D eigenvalue weighted by atomic mass is 32.2. The van der Waals surface area contributed by atoms with E-state index >= 15 is 0 Å². The first-order valence-corrected chi connectivity index (χ1v) is 9.66. The molecule has 24 heavy (non-hydrogen) atoms. The van der Waals surface area contributed by atoms with Gasteiger partial charge in [-0.1, -0.05) is 0 Å². The van der Waals surface area contributed by atoms with Gasteiger partial charge in [-0.3, -0.25) is 4.79 Å². The van der Waals surface area contributed by atoms with E-state index in [2.05, 4.69) is 10.6 Å². The molecule has 3 rings (SSSR count). The van der Waals surface area contributed by atoms with Crippen LogP contribution in [-0.2, 0) is 14.8 Å². The van der Waals surface area contributed by atoms with Crippen LogP contribution in [0.3, 0.4) is 0 Å². The second-order valence-electron chi connectivity index (χ2n) is 6.16. The van der Waals surface area contributed by atoms with E-state index in [9.17, 15) is 13.2 Å². The molecule has 1 atom stereocenters. The SMILES string of the molecule is COc1cc(NC(=O)C2CCNC2)ccc1S(=O)(=O)N1CCCC1. The Balaban J connectivity index is 1.81. The van der Waals surface area contributed by atoms with Crippen molar-refractivity contribution < 1.29 is 17.9 Å². The summed E-state index contributed by atoms with van der Waals surface area (Å²) >= 11 is 0. The topological polar surface area (TPSA) is 87.7 Å². The number of nitrogens with zero attached hydrogens (tertiary/aromatic N) is 1. The Bertz CT molecular complexity index is 708. The molecule has 0 aliphatic carbocycles. The molecule has 8 heteroatoms. The van der Waals surface area contributed by atoms with E-state index in [1.165, 1.54) is 17.5 Å². The van der Waals surface area contributed by atoms with Gasteiger partial charge in [0.25, 0.3) is 0 Å². The molecule has 0 radical (unpaired) electrons. The summed E-state index contributed by atoms with van der Waals surface area (Å²) in [6, 6.07) is 4.70. The number of sulfonamides is 1. The third kappa shape index (κ3) is 3.40. The van der Waals surface area contributed by atoms with Gasteiger partial charge in [0.2, 0.25) is 15.9 Å². The molecule has 1 aromatic carbocycles. The normalized spacial score (nSPS) is 21.8. The average molecular weight is 353 g/mol. The number of hydrogen-bond donors (Lipinski definition) is 2. The van der Waals surface area contributed by atoms with Crippen molar-refractivity contribution in [2.75, 3.05) is 38.6 Å². The van der Waals surface area contributed by atoms with Crippen molar-refractivity contribution in [1.29, 1.82) is 0 Å². The fraction of sp³-hybridized carbons (Fsp3) is 0.562. The van der Waals surface area contributed by atoms with E-state index in [4.69, 9.17) is 4.74 Å². The van der Waals surface area contributed by atoms with Crippen LogP contribution in [0, 0.1) is 5.92 Å². The molecule has 0 spiro atoms. The zero-order valence-electron chi connectivity index (χ0n) is 13.7. The monoisotopic (exact) mass is 353 g/mol. The van der Waals surface area contributed by atoms with Crippen LogP contribution < -0.4 is 15.4 Å². The summed E-state index contributed by atoms with van der Waals surface area (Å²) in [5.41, 5.74) is 0.545. The number of benzene rings is 1. The fourth-order valence-electron chi connectivity index (χ4n) is 3.15. The van der Waals surface area contributed by atoms with Crippen LogP contribution in [0.25, 0.3) is 0 Å². The predicted octanol–water partition coefficient (Wildman–Crippen LogP) is 1.03. The van der Waals surface area contributed by atoms with Gasteiger partial charge < -0.3 is 15.4 Å². The Morgan fingerprint density at radius 3 is 2.71 bits per heavy atom. The molecule has 2 fully saturated rings. The molecule has 2 aliphatic heterocycles. The maximum Gasteiger partial charge on any atom is 0.246 e. The molecule has 2 aliphatic rings. The zero-order chi connectivity index (χ0) is 17.2. The van der Waals surface area contributed by atoms with Gasteiger partial charge in [-0.15, -0.1) is 0 Å². The molecular formula is C16H23N3O4S. The highest BCUT2D eigenvalue weighted by Gasteiger charge is 2.30. The molecule has 2 N–H and O–H groups in total. The number of hydrogen-bond acceptors (Lipinski definition) is 5. The van der Waals surface area contributed by atoms with Crippen molar-refractivity contribution in [3.8, 4) is 5.75 Å². The Labute approximate surface area is 142 Å². The lowest BCUT2D eigenvalue weighted by atomic mass is 10.1. The van der Waals surface area contributed by atoms with Crippen molar-refractivity contribution in [3.63, 3.8) is 0 Å². The third-order valence-corrected chi connectivity index (χ3v) is 6.48. The van der Waals surface area contributed by atoms with E-state index in [0.29, 0.717) is 25.3 Å². The van der Waals surface area contributed by atoms with Gasteiger partial charge in [0, 0.05) is 31.4 Å². The summed E-state index contributed by atoms with van der Waals surface area (Å²) in [6.45, 7) is 2.59. The lowest BCUT2D eigenvalue weighted by Crippen LogP contribution is -2.28. The lowest BCUT2D eigenvalue weighted by molar-refractivity contribution is -0.119. The number of anilines is 1.